The van der Waals surface area contributed by atoms with Crippen molar-refractivity contribution in [2.24, 2.45) is 0 Å². The highest BCUT2D eigenvalue weighted by Crippen LogP contribution is 2.30. The topological polar surface area (TPSA) is 63.4 Å². The monoisotopic (exact) mass is 320 g/mol. The molecule has 0 N–H and O–H groups in total. The first-order chi connectivity index (χ1) is 10.6. The van der Waals surface area contributed by atoms with Crippen molar-refractivity contribution in [2.75, 3.05) is 13.1 Å². The average Bonchev–Trinajstić information content (AvgIpc) is 2.74. The molecule has 1 aliphatic heterocycles. The molecule has 0 saturated carbocycles. The van der Waals surface area contributed by atoms with Gasteiger partial charge >= 0.3 is 0 Å². The van der Waals surface area contributed by atoms with Gasteiger partial charge in [-0.1, -0.05) is 43.2 Å². The van der Waals surface area contributed by atoms with Crippen molar-refractivity contribution in [1.29, 1.82) is 0 Å². The normalized spacial score (nSPS) is 17.3. The summed E-state index contributed by atoms with van der Waals surface area (Å²) in [6.07, 6.45) is 3.96. The Morgan fingerprint density at radius 1 is 1.05 bits per heavy atom. The molecule has 118 valence electrons. The first-order valence-corrected chi connectivity index (χ1v) is 9.06. The van der Waals surface area contributed by atoms with Gasteiger partial charge in [-0.2, -0.15) is 4.31 Å². The Morgan fingerprint density at radius 3 is 2.32 bits per heavy atom. The second kappa shape index (κ2) is 6.22. The highest BCUT2D eigenvalue weighted by atomic mass is 32.2. The van der Waals surface area contributed by atoms with Crippen LogP contribution < -0.4 is 0 Å². The Bertz CT molecular complexity index is 730. The molecule has 0 bridgehead atoms. The molecule has 1 aromatic carbocycles. The van der Waals surface area contributed by atoms with Gasteiger partial charge in [-0.3, -0.25) is 0 Å². The van der Waals surface area contributed by atoms with Gasteiger partial charge in [-0.25, -0.2) is 13.4 Å². The average molecular weight is 320 g/mol. The van der Waals surface area contributed by atoms with Gasteiger partial charge in [0.2, 0.25) is 5.03 Å². The van der Waals surface area contributed by atoms with Gasteiger partial charge in [0.25, 0.3) is 10.0 Å². The van der Waals surface area contributed by atoms with Gasteiger partial charge in [-0.05, 0) is 12.8 Å². The molecule has 0 atom stereocenters. The zero-order valence-electron chi connectivity index (χ0n) is 12.7. The van der Waals surface area contributed by atoms with Crippen LogP contribution in [-0.2, 0) is 10.0 Å². The predicted molar refractivity (Wildman–Crippen MR) is 83.9 cm³/mol. The van der Waals surface area contributed by atoms with Crippen molar-refractivity contribution < 1.29 is 12.8 Å². The first-order valence-electron chi connectivity index (χ1n) is 7.62. The summed E-state index contributed by atoms with van der Waals surface area (Å²) < 4.78 is 33.0. The lowest BCUT2D eigenvalue weighted by atomic mass is 10.2. The SMILES string of the molecule is Cc1nc(S(=O)(=O)N2CCCCCC2)c(-c2ccccc2)o1. The van der Waals surface area contributed by atoms with Crippen LogP contribution >= 0.6 is 0 Å². The number of benzene rings is 1. The van der Waals surface area contributed by atoms with Crippen molar-refractivity contribution in [3.05, 3.63) is 36.2 Å². The lowest BCUT2D eigenvalue weighted by Gasteiger charge is -2.18. The zero-order chi connectivity index (χ0) is 15.6. The van der Waals surface area contributed by atoms with E-state index in [0.717, 1.165) is 31.2 Å². The third-order valence-corrected chi connectivity index (χ3v) is 5.70. The summed E-state index contributed by atoms with van der Waals surface area (Å²) in [7, 11) is -3.61. The molecule has 5 nitrogen and oxygen atoms in total. The molecule has 2 aromatic rings. The predicted octanol–water partition coefficient (Wildman–Crippen LogP) is 3.21. The van der Waals surface area contributed by atoms with E-state index in [4.69, 9.17) is 4.42 Å². The van der Waals surface area contributed by atoms with Crippen molar-refractivity contribution in [2.45, 2.75) is 37.6 Å². The summed E-state index contributed by atoms with van der Waals surface area (Å²) in [4.78, 5) is 4.17. The van der Waals surface area contributed by atoms with Crippen LogP contribution in [0.5, 0.6) is 0 Å². The zero-order valence-corrected chi connectivity index (χ0v) is 13.5. The number of aromatic nitrogens is 1. The van der Waals surface area contributed by atoms with Crippen LogP contribution in [-0.4, -0.2) is 30.8 Å². The van der Waals surface area contributed by atoms with Crippen LogP contribution in [0.2, 0.25) is 0 Å². The van der Waals surface area contributed by atoms with E-state index in [0.29, 0.717) is 24.7 Å². The summed E-state index contributed by atoms with van der Waals surface area (Å²) in [5.74, 6) is 0.703. The standard InChI is InChI=1S/C16H20N2O3S/c1-13-17-16(15(21-13)14-9-5-4-6-10-14)22(19,20)18-11-7-2-3-8-12-18/h4-6,9-10H,2-3,7-8,11-12H2,1H3. The summed E-state index contributed by atoms with van der Waals surface area (Å²) in [5.41, 5.74) is 0.733. The van der Waals surface area contributed by atoms with Crippen LogP contribution in [0.3, 0.4) is 0 Å². The van der Waals surface area contributed by atoms with E-state index in [2.05, 4.69) is 4.98 Å². The maximum Gasteiger partial charge on any atom is 0.264 e. The number of rotatable bonds is 3. The van der Waals surface area contributed by atoms with E-state index in [1.165, 1.54) is 0 Å². The Labute approximate surface area is 131 Å². The largest absolute Gasteiger partial charge is 0.440 e. The quantitative estimate of drug-likeness (QED) is 0.871. The van der Waals surface area contributed by atoms with E-state index < -0.39 is 10.0 Å². The van der Waals surface area contributed by atoms with Gasteiger partial charge < -0.3 is 4.42 Å². The number of hydrogen-bond acceptors (Lipinski definition) is 4. The maximum atomic E-state index is 13.0. The third-order valence-electron chi connectivity index (χ3n) is 3.89. The van der Waals surface area contributed by atoms with Crippen molar-refractivity contribution in [3.63, 3.8) is 0 Å². The van der Waals surface area contributed by atoms with Crippen molar-refractivity contribution >= 4 is 10.0 Å². The molecular formula is C16H20N2O3S. The maximum absolute atomic E-state index is 13.0. The Hall–Kier alpha value is -1.66. The van der Waals surface area contributed by atoms with E-state index in [-0.39, 0.29) is 5.03 Å². The minimum Gasteiger partial charge on any atom is -0.440 e. The molecule has 0 aliphatic carbocycles. The van der Waals surface area contributed by atoms with E-state index in [1.54, 1.807) is 11.2 Å². The number of hydrogen-bond donors (Lipinski definition) is 0. The fourth-order valence-corrected chi connectivity index (χ4v) is 4.38. The molecule has 3 rings (SSSR count). The number of aryl methyl sites for hydroxylation is 1. The van der Waals surface area contributed by atoms with Gasteiger partial charge in [0, 0.05) is 25.6 Å². The smallest absolute Gasteiger partial charge is 0.264 e. The summed E-state index contributed by atoms with van der Waals surface area (Å²) in [5, 5.41) is 0.0399. The number of sulfonamides is 1. The molecule has 0 unspecified atom stereocenters. The Balaban J connectivity index is 2.04. The van der Waals surface area contributed by atoms with Crippen LogP contribution in [0.1, 0.15) is 31.6 Å². The minimum absolute atomic E-state index is 0.0399. The van der Waals surface area contributed by atoms with Gasteiger partial charge in [0.15, 0.2) is 11.7 Å². The highest BCUT2D eigenvalue weighted by molar-refractivity contribution is 7.89. The van der Waals surface area contributed by atoms with Crippen molar-refractivity contribution in [3.8, 4) is 11.3 Å². The first kappa shape index (κ1) is 15.2. The van der Waals surface area contributed by atoms with Crippen LogP contribution in [0, 0.1) is 6.92 Å². The summed E-state index contributed by atoms with van der Waals surface area (Å²) in [6, 6.07) is 9.27. The highest BCUT2D eigenvalue weighted by Gasteiger charge is 2.32. The lowest BCUT2D eigenvalue weighted by molar-refractivity contribution is 0.421. The molecule has 1 aliphatic rings. The Morgan fingerprint density at radius 2 is 1.68 bits per heavy atom. The number of oxazole rings is 1. The molecule has 22 heavy (non-hydrogen) atoms. The summed E-state index contributed by atoms with van der Waals surface area (Å²) >= 11 is 0. The molecule has 0 radical (unpaired) electrons. The minimum atomic E-state index is -3.61. The molecule has 0 spiro atoms. The van der Waals surface area contributed by atoms with Gasteiger partial charge in [-0.15, -0.1) is 0 Å². The third kappa shape index (κ3) is 2.94. The van der Waals surface area contributed by atoms with E-state index in [1.807, 2.05) is 30.3 Å². The van der Waals surface area contributed by atoms with E-state index in [9.17, 15) is 8.42 Å². The molecule has 1 aromatic heterocycles. The number of nitrogens with zero attached hydrogens (tertiary/aromatic N) is 2. The van der Waals surface area contributed by atoms with Gasteiger partial charge in [0.1, 0.15) is 0 Å². The second-order valence-corrected chi connectivity index (χ2v) is 7.40. The van der Waals surface area contributed by atoms with Crippen molar-refractivity contribution in [1.82, 2.24) is 9.29 Å². The second-order valence-electron chi connectivity index (χ2n) is 5.55. The molecule has 2 heterocycles. The van der Waals surface area contributed by atoms with E-state index >= 15 is 0 Å². The Kier molecular flexibility index (Phi) is 4.31. The van der Waals surface area contributed by atoms with Crippen LogP contribution in [0.4, 0.5) is 0 Å². The molecular weight excluding hydrogens is 300 g/mol. The fourth-order valence-electron chi connectivity index (χ4n) is 2.76. The molecule has 1 fully saturated rings. The molecule has 6 heteroatoms. The molecule has 1 saturated heterocycles. The van der Waals surface area contributed by atoms with Crippen LogP contribution in [0.25, 0.3) is 11.3 Å². The van der Waals surface area contributed by atoms with Gasteiger partial charge in [0.05, 0.1) is 0 Å². The lowest BCUT2D eigenvalue weighted by Crippen LogP contribution is -2.32. The fraction of sp³-hybridized carbons (Fsp3) is 0.438. The molecule has 0 amide bonds. The van der Waals surface area contributed by atoms with Crippen LogP contribution in [0.15, 0.2) is 39.8 Å². The summed E-state index contributed by atoms with van der Waals surface area (Å²) in [6.45, 7) is 2.79.